The minimum absolute atomic E-state index is 0.638. The van der Waals surface area contributed by atoms with Gasteiger partial charge in [-0.25, -0.2) is 0 Å². The van der Waals surface area contributed by atoms with Gasteiger partial charge in [0.25, 0.3) is 0 Å². The molecule has 2 aromatic rings. The molecule has 4 nitrogen and oxygen atoms in total. The molecular weight excluding hydrogens is 449 g/mol. The van der Waals surface area contributed by atoms with E-state index in [1.165, 1.54) is 0 Å². The van der Waals surface area contributed by atoms with Gasteiger partial charge in [0.2, 0.25) is 0 Å². The number of rotatable bonds is 7. The zero-order valence-corrected chi connectivity index (χ0v) is 20.5. The van der Waals surface area contributed by atoms with Crippen LogP contribution in [0.1, 0.15) is 47.1 Å². The summed E-state index contributed by atoms with van der Waals surface area (Å²) in [5, 5.41) is 3.34. The van der Waals surface area contributed by atoms with Gasteiger partial charge in [0.05, 0.1) is 11.2 Å². The molecule has 1 unspecified atom stereocenters. The Morgan fingerprint density at radius 1 is 0.897 bits per heavy atom. The summed E-state index contributed by atoms with van der Waals surface area (Å²) in [4.78, 5) is 0. The molecule has 2 rings (SSSR count). The van der Waals surface area contributed by atoms with Gasteiger partial charge in [0.15, 0.2) is 0 Å². The van der Waals surface area contributed by atoms with Crippen molar-refractivity contribution in [2.75, 3.05) is 5.32 Å². The van der Waals surface area contributed by atoms with E-state index in [2.05, 4.69) is 21.2 Å². The lowest BCUT2D eigenvalue weighted by atomic mass is 10.2. The second-order valence-electron chi connectivity index (χ2n) is 8.81. The quantitative estimate of drug-likeness (QED) is 0.412. The van der Waals surface area contributed by atoms with E-state index in [4.69, 9.17) is 9.05 Å². The van der Waals surface area contributed by atoms with Gasteiger partial charge in [0.1, 0.15) is 5.78 Å². The average Bonchev–Trinajstić information content (AvgIpc) is 2.57. The maximum Gasteiger partial charge on any atom is 0.357 e. The molecule has 0 amide bonds. The fraction of sp³-hybridized carbons (Fsp3) is 0.391. The lowest BCUT2D eigenvalue weighted by Crippen LogP contribution is -2.31. The van der Waals surface area contributed by atoms with E-state index in [9.17, 15) is 4.57 Å². The topological polar surface area (TPSA) is 47.6 Å². The van der Waals surface area contributed by atoms with Crippen molar-refractivity contribution in [3.63, 3.8) is 0 Å². The summed E-state index contributed by atoms with van der Waals surface area (Å²) in [6.07, 6.45) is 3.79. The van der Waals surface area contributed by atoms with Crippen LogP contribution in [0.3, 0.4) is 0 Å². The smallest absolute Gasteiger partial charge is 0.357 e. The van der Waals surface area contributed by atoms with Crippen molar-refractivity contribution in [3.05, 3.63) is 70.7 Å². The van der Waals surface area contributed by atoms with E-state index in [-0.39, 0.29) is 0 Å². The second-order valence-corrected chi connectivity index (χ2v) is 11.7. The summed E-state index contributed by atoms with van der Waals surface area (Å²) in [6, 6.07) is 17.6. The van der Waals surface area contributed by atoms with Crippen molar-refractivity contribution in [1.29, 1.82) is 0 Å². The van der Waals surface area contributed by atoms with Gasteiger partial charge in [-0.15, -0.1) is 0 Å². The summed E-state index contributed by atoms with van der Waals surface area (Å²) in [6.45, 7) is 11.3. The number of benzene rings is 2. The Hall–Kier alpha value is -1.39. The maximum atomic E-state index is 14.1. The standard InChI is InChI=1S/C23H31BrNO3P/c1-22(2,3)27-29(26,28-23(4,5)6)21(17-12-18-10-8-7-9-11-18)25-20-15-13-19(24)14-16-20/h7-17,21,25H,1-6H3/b17-12+. The SMILES string of the molecule is CC(C)(C)OP(=O)(OC(C)(C)C)C(/C=C/c1ccccc1)Nc1ccc(Br)cc1. The fourth-order valence-corrected chi connectivity index (χ4v) is 5.27. The molecule has 0 radical (unpaired) electrons. The van der Waals surface area contributed by atoms with Gasteiger partial charge in [-0.05, 0) is 77.4 Å². The van der Waals surface area contributed by atoms with E-state index in [1.807, 2.05) is 108 Å². The third-order valence-electron chi connectivity index (χ3n) is 3.57. The molecule has 1 atom stereocenters. The highest BCUT2D eigenvalue weighted by Gasteiger charge is 2.41. The van der Waals surface area contributed by atoms with E-state index < -0.39 is 24.6 Å². The Bertz CT molecular complexity index is 832. The molecule has 2 aromatic carbocycles. The number of halogens is 1. The third kappa shape index (κ3) is 8.47. The Labute approximate surface area is 183 Å². The summed E-state index contributed by atoms with van der Waals surface area (Å²) in [5.41, 5.74) is 0.557. The van der Waals surface area contributed by atoms with Crippen molar-refractivity contribution in [1.82, 2.24) is 0 Å². The highest BCUT2D eigenvalue weighted by Crippen LogP contribution is 2.58. The molecule has 0 saturated carbocycles. The van der Waals surface area contributed by atoms with Gasteiger partial charge in [-0.3, -0.25) is 4.57 Å². The van der Waals surface area contributed by atoms with Gasteiger partial charge in [-0.1, -0.05) is 52.3 Å². The molecular formula is C23H31BrNO3P. The molecule has 158 valence electrons. The molecule has 6 heteroatoms. The van der Waals surface area contributed by atoms with E-state index in [0.29, 0.717) is 0 Å². The van der Waals surface area contributed by atoms with Gasteiger partial charge in [0, 0.05) is 10.2 Å². The highest BCUT2D eigenvalue weighted by atomic mass is 79.9. The first-order chi connectivity index (χ1) is 13.4. The summed E-state index contributed by atoms with van der Waals surface area (Å²) < 4.78 is 27.2. The highest BCUT2D eigenvalue weighted by molar-refractivity contribution is 9.10. The first kappa shape index (κ1) is 23.9. The average molecular weight is 480 g/mol. The Kier molecular flexibility index (Phi) is 7.92. The van der Waals surface area contributed by atoms with Crippen molar-refractivity contribution < 1.29 is 13.6 Å². The minimum atomic E-state index is -3.60. The monoisotopic (exact) mass is 479 g/mol. The minimum Gasteiger partial charge on any atom is -0.368 e. The summed E-state index contributed by atoms with van der Waals surface area (Å²) in [5.74, 6) is -0.665. The van der Waals surface area contributed by atoms with Crippen LogP contribution in [-0.4, -0.2) is 17.0 Å². The molecule has 0 aliphatic heterocycles. The van der Waals surface area contributed by atoms with Crippen molar-refractivity contribution in [2.45, 2.75) is 58.5 Å². The lowest BCUT2D eigenvalue weighted by Gasteiger charge is -2.36. The van der Waals surface area contributed by atoms with Gasteiger partial charge in [-0.2, -0.15) is 0 Å². The van der Waals surface area contributed by atoms with Crippen LogP contribution in [-0.2, 0) is 13.6 Å². The third-order valence-corrected chi connectivity index (χ3v) is 6.69. The molecule has 0 bridgehead atoms. The van der Waals surface area contributed by atoms with Crippen LogP contribution >= 0.6 is 23.5 Å². The largest absolute Gasteiger partial charge is 0.368 e. The zero-order chi connectivity index (χ0) is 21.7. The Morgan fingerprint density at radius 3 is 1.90 bits per heavy atom. The van der Waals surface area contributed by atoms with Crippen LogP contribution < -0.4 is 5.32 Å². The predicted molar refractivity (Wildman–Crippen MR) is 126 cm³/mol. The van der Waals surface area contributed by atoms with E-state index in [1.54, 1.807) is 0 Å². The van der Waals surface area contributed by atoms with Gasteiger partial charge < -0.3 is 14.4 Å². The lowest BCUT2D eigenvalue weighted by molar-refractivity contribution is 0.0476. The van der Waals surface area contributed by atoms with E-state index >= 15 is 0 Å². The molecule has 0 aromatic heterocycles. The molecule has 0 aliphatic rings. The van der Waals surface area contributed by atoms with Crippen molar-refractivity contribution in [3.8, 4) is 0 Å². The van der Waals surface area contributed by atoms with Crippen LogP contribution in [0.5, 0.6) is 0 Å². The molecule has 0 fully saturated rings. The van der Waals surface area contributed by atoms with Crippen LogP contribution in [0.25, 0.3) is 6.08 Å². The second kappa shape index (κ2) is 9.61. The Balaban J connectivity index is 2.46. The molecule has 0 saturated heterocycles. The number of anilines is 1. The van der Waals surface area contributed by atoms with Crippen molar-refractivity contribution >= 4 is 35.3 Å². The van der Waals surface area contributed by atoms with Crippen LogP contribution in [0, 0.1) is 0 Å². The summed E-state index contributed by atoms with van der Waals surface area (Å²) >= 11 is 3.45. The molecule has 0 aliphatic carbocycles. The van der Waals surface area contributed by atoms with E-state index in [0.717, 1.165) is 15.7 Å². The molecule has 29 heavy (non-hydrogen) atoms. The number of nitrogens with one attached hydrogen (secondary N) is 1. The fourth-order valence-electron chi connectivity index (χ4n) is 2.61. The number of hydrogen-bond acceptors (Lipinski definition) is 4. The number of hydrogen-bond donors (Lipinski definition) is 1. The predicted octanol–water partition coefficient (Wildman–Crippen LogP) is 7.72. The molecule has 0 heterocycles. The Morgan fingerprint density at radius 2 is 1.41 bits per heavy atom. The summed E-state index contributed by atoms with van der Waals surface area (Å²) in [7, 11) is -3.60. The van der Waals surface area contributed by atoms with Gasteiger partial charge >= 0.3 is 7.60 Å². The molecule has 1 N–H and O–H groups in total. The molecule has 0 spiro atoms. The maximum absolute atomic E-state index is 14.1. The van der Waals surface area contributed by atoms with Crippen LogP contribution in [0.15, 0.2) is 65.1 Å². The first-order valence-corrected chi connectivity index (χ1v) is 12.0. The zero-order valence-electron chi connectivity index (χ0n) is 18.0. The normalized spacial score (nSPS) is 14.2. The first-order valence-electron chi connectivity index (χ1n) is 9.63. The van der Waals surface area contributed by atoms with Crippen molar-refractivity contribution in [2.24, 2.45) is 0 Å². The van der Waals surface area contributed by atoms with Crippen LogP contribution in [0.4, 0.5) is 5.69 Å². The van der Waals surface area contributed by atoms with Crippen LogP contribution in [0.2, 0.25) is 0 Å².